The van der Waals surface area contributed by atoms with Gasteiger partial charge in [0.2, 0.25) is 6.10 Å². The molecular formula is C33H32N4O9. The van der Waals surface area contributed by atoms with Gasteiger partial charge < -0.3 is 30.2 Å². The number of carboxylic acids is 2. The molecule has 0 saturated carbocycles. The summed E-state index contributed by atoms with van der Waals surface area (Å²) in [4.78, 5) is 63.4. The van der Waals surface area contributed by atoms with E-state index in [9.17, 15) is 34.2 Å². The molecule has 0 saturated heterocycles. The van der Waals surface area contributed by atoms with Crippen LogP contribution in [0, 0.1) is 12.3 Å². The lowest BCUT2D eigenvalue weighted by atomic mass is 9.72. The summed E-state index contributed by atoms with van der Waals surface area (Å²) in [7, 11) is 0. The third-order valence-corrected chi connectivity index (χ3v) is 7.37. The van der Waals surface area contributed by atoms with Crippen molar-refractivity contribution < 1.29 is 49.4 Å². The second-order valence-corrected chi connectivity index (χ2v) is 11.1. The lowest BCUT2D eigenvalue weighted by Crippen LogP contribution is -2.62. The van der Waals surface area contributed by atoms with Crippen LogP contribution in [0.15, 0.2) is 85.1 Å². The van der Waals surface area contributed by atoms with Crippen molar-refractivity contribution in [1.29, 1.82) is 0 Å². The molecule has 13 nitrogen and oxygen atoms in total. The first-order valence-corrected chi connectivity index (χ1v) is 14.1. The van der Waals surface area contributed by atoms with Crippen LogP contribution in [0.1, 0.15) is 68.8 Å². The standard InChI is InChI=1S/C18H14O8.C15H18N4O/c19-15(20)13(25-17(23)11-7-3-1-4-8-11)14(16(21)22)26-18(24)12-9-5-2-6-10-12;1-9-12-10(20)8-15(2,3)14(16)13(12)19(18-9)11-6-4-5-7-17-11/h1-10,13-14H,(H,19,20)(H,21,22);4-7,14H,8,16H2,1-3H3. The lowest BCUT2D eigenvalue weighted by Gasteiger charge is -2.32. The Morgan fingerprint density at radius 1 is 0.913 bits per heavy atom. The molecule has 0 amide bonds. The van der Waals surface area contributed by atoms with E-state index in [4.69, 9.17) is 9.47 Å². The van der Waals surface area contributed by atoms with Crippen molar-refractivity contribution in [3.8, 4) is 5.82 Å². The maximum Gasteiger partial charge on any atom is 0.349 e. The zero-order valence-electron chi connectivity index (χ0n) is 25.3. The normalized spacial score (nSPS) is 16.1. The summed E-state index contributed by atoms with van der Waals surface area (Å²) in [5.41, 5.74) is 6.51. The van der Waals surface area contributed by atoms with E-state index in [0.717, 1.165) is 22.8 Å². The molecule has 2 aromatic carbocycles. The average Bonchev–Trinajstić information content (AvgIpc) is 3.40. The van der Waals surface area contributed by atoms with E-state index in [-0.39, 0.29) is 28.4 Å². The molecule has 2 aromatic heterocycles. The number of esters is 2. The first-order valence-electron chi connectivity index (χ1n) is 14.1. The molecule has 4 aromatic rings. The van der Waals surface area contributed by atoms with Crippen LogP contribution in [0.4, 0.5) is 0 Å². The maximum atomic E-state index is 12.4. The molecule has 0 spiro atoms. The predicted octanol–water partition coefficient (Wildman–Crippen LogP) is 1.74. The Morgan fingerprint density at radius 3 is 1.91 bits per heavy atom. The molecule has 238 valence electrons. The summed E-state index contributed by atoms with van der Waals surface area (Å²) in [6.07, 6.45) is -2.36. The highest BCUT2D eigenvalue weighted by Gasteiger charge is 2.45. The third kappa shape index (κ3) is 7.33. The van der Waals surface area contributed by atoms with Crippen molar-refractivity contribution in [2.75, 3.05) is 0 Å². The van der Waals surface area contributed by atoms with Crippen LogP contribution in [0.3, 0.4) is 0 Å². The summed E-state index contributed by atoms with van der Waals surface area (Å²) in [6.45, 7) is 6.04. The third-order valence-electron chi connectivity index (χ3n) is 7.37. The molecule has 0 bridgehead atoms. The fourth-order valence-corrected chi connectivity index (χ4v) is 4.85. The van der Waals surface area contributed by atoms with Crippen LogP contribution in [0.5, 0.6) is 0 Å². The van der Waals surface area contributed by atoms with Gasteiger partial charge in [0.1, 0.15) is 11.7 Å². The first kappa shape index (κ1) is 33.2. The second kappa shape index (κ2) is 13.9. The largest absolute Gasteiger partial charge is 0.546 e. The molecule has 1 aliphatic rings. The van der Waals surface area contributed by atoms with E-state index in [1.54, 1.807) is 23.0 Å². The summed E-state index contributed by atoms with van der Waals surface area (Å²) >= 11 is 0. The van der Waals surface area contributed by atoms with Crippen LogP contribution in [0.25, 0.3) is 5.82 Å². The Labute approximate surface area is 263 Å². The number of carboxylic acid groups (broad SMARTS) is 2. The smallest absolute Gasteiger partial charge is 0.349 e. The van der Waals surface area contributed by atoms with Crippen LogP contribution in [0.2, 0.25) is 0 Å². The highest BCUT2D eigenvalue weighted by atomic mass is 16.6. The Balaban J connectivity index is 0.000000215. The monoisotopic (exact) mass is 628 g/mol. The second-order valence-electron chi connectivity index (χ2n) is 11.1. The number of aryl methyl sites for hydroxylation is 1. The molecule has 1 aliphatic carbocycles. The fourth-order valence-electron chi connectivity index (χ4n) is 4.85. The zero-order valence-corrected chi connectivity index (χ0v) is 25.3. The maximum absolute atomic E-state index is 12.4. The molecule has 4 N–H and O–H groups in total. The van der Waals surface area contributed by atoms with E-state index in [1.807, 2.05) is 25.1 Å². The number of fused-ring (bicyclic) bond motifs is 1. The Hall–Kier alpha value is -5.69. The molecule has 0 radical (unpaired) electrons. The number of aliphatic carboxylic acids is 2. The van der Waals surface area contributed by atoms with E-state index in [2.05, 4.69) is 29.7 Å². The number of nitrogens with zero attached hydrogens (tertiary/aromatic N) is 3. The van der Waals surface area contributed by atoms with Gasteiger partial charge in [-0.3, -0.25) is 4.79 Å². The number of rotatable bonds is 8. The minimum absolute atomic E-state index is 0.00252. The fraction of sp³-hybridized carbons (Fsp3) is 0.242. The van der Waals surface area contributed by atoms with Crippen LogP contribution >= 0.6 is 0 Å². The number of hydrogen-bond donors (Lipinski definition) is 2. The summed E-state index contributed by atoms with van der Waals surface area (Å²) in [6, 6.07) is 20.4. The topological polar surface area (TPSA) is 205 Å². The van der Waals surface area contributed by atoms with Crippen LogP contribution < -0.4 is 10.8 Å². The van der Waals surface area contributed by atoms with Gasteiger partial charge in [-0.2, -0.15) is 5.10 Å². The van der Waals surface area contributed by atoms with Gasteiger partial charge in [0.25, 0.3) is 0 Å². The number of Topliss-reactive ketones (excluding diaryl/α,β-unsaturated/α-hetero) is 1. The van der Waals surface area contributed by atoms with Crippen molar-refractivity contribution in [3.63, 3.8) is 0 Å². The van der Waals surface area contributed by atoms with E-state index in [0.29, 0.717) is 6.42 Å². The molecule has 2 heterocycles. The van der Waals surface area contributed by atoms with Gasteiger partial charge in [-0.15, -0.1) is 0 Å². The van der Waals surface area contributed by atoms with Crippen molar-refractivity contribution in [1.82, 2.24) is 14.8 Å². The van der Waals surface area contributed by atoms with Gasteiger partial charge in [0.05, 0.1) is 28.4 Å². The van der Waals surface area contributed by atoms with Crippen molar-refractivity contribution in [3.05, 3.63) is 113 Å². The molecule has 0 aliphatic heterocycles. The lowest BCUT2D eigenvalue weighted by molar-refractivity contribution is -0.454. The number of hydrogen-bond acceptors (Lipinski definition) is 10. The van der Waals surface area contributed by atoms with Gasteiger partial charge in [0, 0.05) is 18.0 Å². The molecular weight excluding hydrogens is 596 g/mol. The number of ketones is 1. The zero-order chi connectivity index (χ0) is 33.6. The number of quaternary nitrogens is 1. The van der Waals surface area contributed by atoms with Crippen molar-refractivity contribution in [2.45, 2.75) is 45.4 Å². The van der Waals surface area contributed by atoms with Crippen LogP contribution in [-0.2, 0) is 19.1 Å². The molecule has 13 heteroatoms. The Morgan fingerprint density at radius 2 is 1.43 bits per heavy atom. The van der Waals surface area contributed by atoms with E-state index >= 15 is 0 Å². The van der Waals surface area contributed by atoms with Crippen molar-refractivity contribution in [2.24, 2.45) is 5.41 Å². The van der Waals surface area contributed by atoms with Gasteiger partial charge in [-0.25, -0.2) is 24.0 Å². The van der Waals surface area contributed by atoms with Crippen LogP contribution in [-0.4, -0.2) is 61.7 Å². The van der Waals surface area contributed by atoms with Gasteiger partial charge >= 0.3 is 17.9 Å². The summed E-state index contributed by atoms with van der Waals surface area (Å²) in [5.74, 6) is -5.10. The molecule has 46 heavy (non-hydrogen) atoms. The number of pyridine rings is 1. The van der Waals surface area contributed by atoms with E-state index < -0.39 is 36.1 Å². The van der Waals surface area contributed by atoms with Gasteiger partial charge in [-0.1, -0.05) is 56.3 Å². The molecule has 5 rings (SSSR count). The molecule has 0 fully saturated rings. The quantitative estimate of drug-likeness (QED) is 0.269. The van der Waals surface area contributed by atoms with Crippen molar-refractivity contribution >= 4 is 29.7 Å². The number of aromatic nitrogens is 3. The minimum Gasteiger partial charge on any atom is -0.546 e. The Kier molecular flexibility index (Phi) is 10.1. The highest BCUT2D eigenvalue weighted by molar-refractivity contribution is 6.00. The molecule has 3 unspecified atom stereocenters. The number of benzene rings is 2. The SMILES string of the molecule is Cc1nn(-c2ccccn2)c2c1C(=O)CC(C)(C)C2[NH3+].O=C(OC(C(=O)[O-])C(OC(=O)c1ccccc1)C(=O)O)c1ccccc1. The van der Waals surface area contributed by atoms with E-state index in [1.165, 1.54) is 48.5 Å². The van der Waals surface area contributed by atoms with Gasteiger partial charge in [0.15, 0.2) is 17.7 Å². The van der Waals surface area contributed by atoms with Gasteiger partial charge in [-0.05, 0) is 43.3 Å². The Bertz CT molecular complexity index is 1670. The number of carbonyl (C=O) groups is 5. The summed E-state index contributed by atoms with van der Waals surface area (Å²) in [5, 5.41) is 25.0. The predicted molar refractivity (Wildman–Crippen MR) is 158 cm³/mol. The average molecular weight is 629 g/mol. The number of carbonyl (C=O) groups excluding carboxylic acids is 4. The minimum atomic E-state index is -2.33. The highest BCUT2D eigenvalue weighted by Crippen LogP contribution is 2.42. The molecule has 3 atom stereocenters. The number of ether oxygens (including phenoxy) is 2. The summed E-state index contributed by atoms with van der Waals surface area (Å²) < 4.78 is 11.2. The first-order chi connectivity index (χ1) is 21.8.